The van der Waals surface area contributed by atoms with Crippen molar-refractivity contribution in [1.29, 1.82) is 0 Å². The average molecular weight is 246 g/mol. The van der Waals surface area contributed by atoms with Gasteiger partial charge in [0.25, 0.3) is 0 Å². The molecule has 1 N–H and O–H groups in total. The van der Waals surface area contributed by atoms with Crippen LogP contribution in [0, 0.1) is 6.92 Å². The van der Waals surface area contributed by atoms with Crippen LogP contribution in [0.15, 0.2) is 34.9 Å². The van der Waals surface area contributed by atoms with Crippen molar-refractivity contribution in [3.05, 3.63) is 47.3 Å². The zero-order valence-electron chi connectivity index (χ0n) is 10.8. The minimum absolute atomic E-state index is 0.410. The van der Waals surface area contributed by atoms with Gasteiger partial charge in [0, 0.05) is 12.6 Å². The van der Waals surface area contributed by atoms with Crippen LogP contribution in [0.4, 0.5) is 0 Å². The summed E-state index contributed by atoms with van der Waals surface area (Å²) in [5.74, 6) is 1.58. The molecule has 2 aromatic rings. The van der Waals surface area contributed by atoms with Crippen LogP contribution in [-0.2, 0) is 13.2 Å². The van der Waals surface area contributed by atoms with Gasteiger partial charge in [-0.15, -0.1) is 0 Å². The zero-order valence-corrected chi connectivity index (χ0v) is 10.8. The molecule has 0 aliphatic rings. The maximum absolute atomic E-state index is 5.61. The summed E-state index contributed by atoms with van der Waals surface area (Å²) in [6, 6.07) is 9.93. The van der Waals surface area contributed by atoms with E-state index in [1.165, 1.54) is 5.56 Å². The molecular weight excluding hydrogens is 228 g/mol. The zero-order chi connectivity index (χ0) is 12.8. The number of nitrogens with one attached hydrogen (secondary N) is 1. The summed E-state index contributed by atoms with van der Waals surface area (Å²) in [5.41, 5.74) is 2.12. The van der Waals surface area contributed by atoms with Crippen LogP contribution in [0.5, 0.6) is 5.75 Å². The molecule has 0 atom stereocenters. The molecule has 1 aromatic heterocycles. The van der Waals surface area contributed by atoms with Crippen molar-refractivity contribution in [2.24, 2.45) is 0 Å². The maximum atomic E-state index is 5.61. The lowest BCUT2D eigenvalue weighted by atomic mass is 10.2. The van der Waals surface area contributed by atoms with Crippen molar-refractivity contribution in [2.75, 3.05) is 6.54 Å². The Balaban J connectivity index is 1.86. The second-order valence-corrected chi connectivity index (χ2v) is 4.15. The van der Waals surface area contributed by atoms with Crippen LogP contribution in [0.3, 0.4) is 0 Å². The first kappa shape index (κ1) is 12.6. The maximum Gasteiger partial charge on any atom is 0.174 e. The highest BCUT2D eigenvalue weighted by molar-refractivity contribution is 5.27. The molecule has 1 heterocycles. The Kier molecular flexibility index (Phi) is 4.36. The summed E-state index contributed by atoms with van der Waals surface area (Å²) in [5, 5.41) is 7.09. The minimum Gasteiger partial charge on any atom is -0.486 e. The quantitative estimate of drug-likeness (QED) is 0.851. The van der Waals surface area contributed by atoms with E-state index in [-0.39, 0.29) is 0 Å². The van der Waals surface area contributed by atoms with Crippen LogP contribution < -0.4 is 10.1 Å². The van der Waals surface area contributed by atoms with E-state index >= 15 is 0 Å². The van der Waals surface area contributed by atoms with E-state index < -0.39 is 0 Å². The molecule has 0 fully saturated rings. The Bertz CT molecular complexity index is 477. The molecule has 0 unspecified atom stereocenters. The van der Waals surface area contributed by atoms with Gasteiger partial charge < -0.3 is 14.6 Å². The molecule has 2 rings (SSSR count). The molecule has 1 aromatic carbocycles. The van der Waals surface area contributed by atoms with Crippen LogP contribution >= 0.6 is 0 Å². The number of rotatable bonds is 6. The third-order valence-corrected chi connectivity index (χ3v) is 2.56. The van der Waals surface area contributed by atoms with Gasteiger partial charge in [0.15, 0.2) is 5.76 Å². The molecule has 18 heavy (non-hydrogen) atoms. The van der Waals surface area contributed by atoms with Crippen molar-refractivity contribution in [3.8, 4) is 5.75 Å². The summed E-state index contributed by atoms with van der Waals surface area (Å²) in [7, 11) is 0. The molecule has 0 saturated heterocycles. The third-order valence-electron chi connectivity index (χ3n) is 2.56. The van der Waals surface area contributed by atoms with Gasteiger partial charge in [-0.1, -0.05) is 24.2 Å². The molecule has 4 heteroatoms. The number of aryl methyl sites for hydroxylation is 1. The molecule has 0 aliphatic carbocycles. The van der Waals surface area contributed by atoms with Crippen molar-refractivity contribution < 1.29 is 9.26 Å². The van der Waals surface area contributed by atoms with Gasteiger partial charge >= 0.3 is 0 Å². The largest absolute Gasteiger partial charge is 0.486 e. The van der Waals surface area contributed by atoms with Crippen molar-refractivity contribution in [3.63, 3.8) is 0 Å². The Hall–Kier alpha value is -1.81. The first-order chi connectivity index (χ1) is 8.78. The summed E-state index contributed by atoms with van der Waals surface area (Å²) >= 11 is 0. The molecule has 0 radical (unpaired) electrons. The number of aromatic nitrogens is 1. The first-order valence-corrected chi connectivity index (χ1v) is 6.12. The Morgan fingerprint density at radius 1 is 1.28 bits per heavy atom. The van der Waals surface area contributed by atoms with E-state index in [0.29, 0.717) is 6.61 Å². The normalized spacial score (nSPS) is 10.6. The Morgan fingerprint density at radius 3 is 2.67 bits per heavy atom. The van der Waals surface area contributed by atoms with E-state index in [2.05, 4.69) is 29.5 Å². The highest BCUT2D eigenvalue weighted by Gasteiger charge is 2.01. The lowest BCUT2D eigenvalue weighted by molar-refractivity contribution is 0.248. The van der Waals surface area contributed by atoms with E-state index in [0.717, 1.165) is 30.3 Å². The fraction of sp³-hybridized carbons (Fsp3) is 0.357. The number of nitrogens with zero attached hydrogens (tertiary/aromatic N) is 1. The summed E-state index contributed by atoms with van der Waals surface area (Å²) in [4.78, 5) is 0. The molecule has 0 aliphatic heterocycles. The van der Waals surface area contributed by atoms with Crippen LogP contribution in [0.25, 0.3) is 0 Å². The van der Waals surface area contributed by atoms with Gasteiger partial charge in [-0.05, 0) is 31.2 Å². The lowest BCUT2D eigenvalue weighted by Gasteiger charge is -2.05. The Morgan fingerprint density at radius 2 is 2.06 bits per heavy atom. The van der Waals surface area contributed by atoms with Crippen LogP contribution in [-0.4, -0.2) is 11.7 Å². The Labute approximate surface area is 107 Å². The van der Waals surface area contributed by atoms with Gasteiger partial charge in [-0.3, -0.25) is 0 Å². The highest BCUT2D eigenvalue weighted by Crippen LogP contribution is 2.14. The topological polar surface area (TPSA) is 47.3 Å². The summed E-state index contributed by atoms with van der Waals surface area (Å²) in [6.07, 6.45) is 0. The van der Waals surface area contributed by atoms with Gasteiger partial charge in [0.1, 0.15) is 12.4 Å². The van der Waals surface area contributed by atoms with E-state index in [1.54, 1.807) is 0 Å². The number of hydrogen-bond acceptors (Lipinski definition) is 4. The lowest BCUT2D eigenvalue weighted by Crippen LogP contribution is -2.11. The minimum atomic E-state index is 0.410. The molecule has 0 spiro atoms. The van der Waals surface area contributed by atoms with Crippen molar-refractivity contribution in [1.82, 2.24) is 10.5 Å². The number of ether oxygens (including phenoxy) is 1. The molecule has 96 valence electrons. The van der Waals surface area contributed by atoms with Crippen molar-refractivity contribution >= 4 is 0 Å². The highest BCUT2D eigenvalue weighted by atomic mass is 16.5. The van der Waals surface area contributed by atoms with Gasteiger partial charge in [0.05, 0.1) is 5.69 Å². The van der Waals surface area contributed by atoms with Gasteiger partial charge in [0.2, 0.25) is 0 Å². The SMILES string of the molecule is CCNCc1ccc(OCc2cc(C)no2)cc1. The van der Waals surface area contributed by atoms with Gasteiger partial charge in [-0.2, -0.15) is 0 Å². The monoisotopic (exact) mass is 246 g/mol. The predicted molar refractivity (Wildman–Crippen MR) is 69.4 cm³/mol. The standard InChI is InChI=1S/C14H18N2O2/c1-3-15-9-12-4-6-13(7-5-12)17-10-14-8-11(2)16-18-14/h4-8,15H,3,9-10H2,1-2H3. The summed E-state index contributed by atoms with van der Waals surface area (Å²) < 4.78 is 10.7. The van der Waals surface area contributed by atoms with E-state index in [4.69, 9.17) is 9.26 Å². The number of benzene rings is 1. The van der Waals surface area contributed by atoms with Crippen LogP contribution in [0.1, 0.15) is 23.9 Å². The molecule has 0 amide bonds. The van der Waals surface area contributed by atoms with Crippen molar-refractivity contribution in [2.45, 2.75) is 27.0 Å². The second-order valence-electron chi connectivity index (χ2n) is 4.15. The third kappa shape index (κ3) is 3.60. The van der Waals surface area contributed by atoms with Gasteiger partial charge in [-0.25, -0.2) is 0 Å². The second kappa shape index (κ2) is 6.21. The fourth-order valence-corrected chi connectivity index (χ4v) is 1.61. The van der Waals surface area contributed by atoms with E-state index in [1.807, 2.05) is 25.1 Å². The molecule has 4 nitrogen and oxygen atoms in total. The predicted octanol–water partition coefficient (Wildman–Crippen LogP) is 2.67. The summed E-state index contributed by atoms with van der Waals surface area (Å²) in [6.45, 7) is 6.26. The molecule has 0 bridgehead atoms. The smallest absolute Gasteiger partial charge is 0.174 e. The number of hydrogen-bond donors (Lipinski definition) is 1. The first-order valence-electron chi connectivity index (χ1n) is 6.12. The molecular formula is C14H18N2O2. The molecule has 0 saturated carbocycles. The van der Waals surface area contributed by atoms with E-state index in [9.17, 15) is 0 Å². The average Bonchev–Trinajstić information content (AvgIpc) is 2.81. The fourth-order valence-electron chi connectivity index (χ4n) is 1.61. The van der Waals surface area contributed by atoms with Crippen LogP contribution in [0.2, 0.25) is 0 Å².